The molecule has 80 heavy (non-hydrogen) atoms. The quantitative estimate of drug-likeness (QED) is 0.0538. The number of hydrogen-bond acceptors (Lipinski definition) is 0. The van der Waals surface area contributed by atoms with Crippen molar-refractivity contribution >= 4 is 23.6 Å². The summed E-state index contributed by atoms with van der Waals surface area (Å²) in [6.45, 7) is 24.6. The number of halogens is 3. The van der Waals surface area contributed by atoms with E-state index in [1.54, 1.807) is 0 Å². The number of benzene rings is 9. The molecule has 404 valence electrons. The molecule has 0 saturated heterocycles. The van der Waals surface area contributed by atoms with Gasteiger partial charge in [-0.3, -0.25) is 6.08 Å². The van der Waals surface area contributed by atoms with Gasteiger partial charge in [0.2, 0.25) is 0 Å². The fourth-order valence-electron chi connectivity index (χ4n) is 13.3. The van der Waals surface area contributed by atoms with Crippen LogP contribution in [0.3, 0.4) is 0 Å². The average Bonchev–Trinajstić information content (AvgIpc) is 3.68. The van der Waals surface area contributed by atoms with E-state index in [2.05, 4.69) is 276 Å². The topological polar surface area (TPSA) is 0 Å². The van der Waals surface area contributed by atoms with E-state index < -0.39 is 13.1 Å². The molecule has 0 fully saturated rings. The first-order valence-electron chi connectivity index (χ1n) is 27.7. The molecule has 1 aliphatic rings. The Labute approximate surface area is 514 Å². The van der Waals surface area contributed by atoms with Crippen LogP contribution in [0, 0.1) is 47.6 Å². The summed E-state index contributed by atoms with van der Waals surface area (Å²) in [5.74, 6) is 0. The molecule has 0 spiro atoms. The standard InChI is InChI=1S/C75H75Si.3ClH.Ti/c1-51-50-75(10,59(9)52(51)2)76(72-47-66(41-60-29-17-11-18-30-60)53(3)69(56(72)6)44-63-35-23-14-24-36-63,73-48-67(42-61-31-19-12-20-32-61)54(4)70(57(73)7)45-64-37-25-15-26-38-64)74-49-68(43-62-33-21-13-22-34-62)55(5)71(58(74)8)46-65-39-27-16-28-40-65;;;;/h11-40,47-49H,41-46H2,1-10H3;3*1H;/q-1;;;;+4/p-3. The van der Waals surface area contributed by atoms with Gasteiger partial charge >= 0.3 is 21.7 Å². The summed E-state index contributed by atoms with van der Waals surface area (Å²) in [6, 6.07) is 75.6. The summed E-state index contributed by atoms with van der Waals surface area (Å²) in [5.41, 5.74) is 29.2. The molecule has 0 radical (unpaired) electrons. The van der Waals surface area contributed by atoms with E-state index in [0.29, 0.717) is 0 Å². The van der Waals surface area contributed by atoms with Crippen LogP contribution in [0.4, 0.5) is 0 Å². The third-order valence-corrected chi connectivity index (χ3v) is 24.0. The molecule has 0 aromatic heterocycles. The van der Waals surface area contributed by atoms with Crippen molar-refractivity contribution in [3.63, 3.8) is 0 Å². The van der Waals surface area contributed by atoms with Gasteiger partial charge in [-0.25, -0.2) is 5.57 Å². The summed E-state index contributed by atoms with van der Waals surface area (Å²) in [5, 5.41) is 4.03. The van der Waals surface area contributed by atoms with Crippen molar-refractivity contribution in [2.45, 2.75) is 113 Å². The zero-order chi connectivity index (χ0) is 53.1. The first-order valence-corrected chi connectivity index (χ1v) is 29.7. The van der Waals surface area contributed by atoms with E-state index in [9.17, 15) is 0 Å². The van der Waals surface area contributed by atoms with Gasteiger partial charge in [-0.2, -0.15) is 11.1 Å². The molecule has 9 aromatic carbocycles. The molecular weight excluding hydrogens is 1080 g/mol. The zero-order valence-corrected chi connectivity index (χ0v) is 53.3. The van der Waals surface area contributed by atoms with Crippen LogP contribution in [0.15, 0.2) is 217 Å². The van der Waals surface area contributed by atoms with Crippen LogP contribution in [-0.4, -0.2) is 8.07 Å². The summed E-state index contributed by atoms with van der Waals surface area (Å²) in [7, 11) is -3.55. The molecular formula is C75H75Cl3SiTi. The van der Waals surface area contributed by atoms with Crippen molar-refractivity contribution in [3.05, 3.63) is 323 Å². The van der Waals surface area contributed by atoms with Gasteiger partial charge in [0.05, 0.1) is 0 Å². The van der Waals surface area contributed by atoms with Crippen LogP contribution in [0.2, 0.25) is 5.04 Å². The minimum Gasteiger partial charge on any atom is -1.00 e. The fourth-order valence-corrected chi connectivity index (χ4v) is 20.2. The van der Waals surface area contributed by atoms with Crippen LogP contribution >= 0.6 is 0 Å². The predicted octanol–water partition coefficient (Wildman–Crippen LogP) is 7.42. The molecule has 0 heterocycles. The van der Waals surface area contributed by atoms with Crippen molar-refractivity contribution in [1.29, 1.82) is 0 Å². The molecule has 1 atom stereocenters. The number of rotatable bonds is 16. The van der Waals surface area contributed by atoms with E-state index in [1.807, 2.05) is 0 Å². The third kappa shape index (κ3) is 12.4. The molecule has 10 rings (SSSR count). The maximum absolute atomic E-state index is 4.51. The molecule has 1 aliphatic carbocycles. The van der Waals surface area contributed by atoms with Crippen LogP contribution < -0.4 is 52.8 Å². The van der Waals surface area contributed by atoms with Crippen LogP contribution in [-0.2, 0) is 60.2 Å². The van der Waals surface area contributed by atoms with Gasteiger partial charge < -0.3 is 37.2 Å². The van der Waals surface area contributed by atoms with Gasteiger partial charge in [0.25, 0.3) is 0 Å². The SMILES string of the molecule is CC1=[C-]C(C)([Si](c2cc(Cc3ccccc3)c(C)c(Cc3ccccc3)c2C)(c2cc(Cc3ccccc3)c(C)c(Cc3ccccc3)c2C)c2cc(Cc3ccccc3)c(C)c(Cc3ccccc3)c2C)C(C)=C1C.[Cl-].[Cl-].[Cl-].[Ti+4]. The minimum absolute atomic E-state index is 0. The van der Waals surface area contributed by atoms with Crippen LogP contribution in [0.1, 0.15) is 128 Å². The molecule has 9 aromatic rings. The normalized spacial score (nSPS) is 13.8. The Bertz CT molecular complexity index is 3270. The Morgan fingerprint density at radius 3 is 0.762 bits per heavy atom. The van der Waals surface area contributed by atoms with E-state index in [1.165, 1.54) is 132 Å². The summed E-state index contributed by atoms with van der Waals surface area (Å²) >= 11 is 0. The number of hydrogen-bond donors (Lipinski definition) is 0. The average molecular weight is 1160 g/mol. The molecule has 5 heteroatoms. The van der Waals surface area contributed by atoms with Gasteiger partial charge in [0, 0.05) is 0 Å². The Balaban J connectivity index is 0.00000258. The molecule has 0 bridgehead atoms. The summed E-state index contributed by atoms with van der Waals surface area (Å²) in [4.78, 5) is 0. The van der Waals surface area contributed by atoms with Gasteiger partial charge in [0.1, 0.15) is 8.07 Å². The van der Waals surface area contributed by atoms with Crippen LogP contribution in [0.5, 0.6) is 0 Å². The van der Waals surface area contributed by atoms with Crippen molar-refractivity contribution in [3.8, 4) is 0 Å². The maximum Gasteiger partial charge on any atom is 4.00 e. The first kappa shape index (κ1) is 63.4. The van der Waals surface area contributed by atoms with Gasteiger partial charge in [-0.15, -0.1) is 6.92 Å². The molecule has 0 saturated carbocycles. The Kier molecular flexibility index (Phi) is 21.7. The Hall–Kier alpha value is -5.74. The molecule has 0 nitrogen and oxygen atoms in total. The smallest absolute Gasteiger partial charge is 1.00 e. The third-order valence-electron chi connectivity index (χ3n) is 18.0. The van der Waals surface area contributed by atoms with E-state index in [4.69, 9.17) is 0 Å². The summed E-state index contributed by atoms with van der Waals surface area (Å²) in [6.07, 6.45) is 9.65. The Morgan fingerprint density at radius 1 is 0.325 bits per heavy atom. The second-order valence-electron chi connectivity index (χ2n) is 22.3. The molecule has 0 N–H and O–H groups in total. The van der Waals surface area contributed by atoms with Crippen LogP contribution in [0.25, 0.3) is 0 Å². The fraction of sp³-hybridized carbons (Fsp3) is 0.227. The van der Waals surface area contributed by atoms with Crippen molar-refractivity contribution in [2.24, 2.45) is 0 Å². The van der Waals surface area contributed by atoms with Crippen molar-refractivity contribution < 1.29 is 58.9 Å². The molecule has 0 amide bonds. The molecule has 0 aliphatic heterocycles. The maximum atomic E-state index is 4.51. The molecule has 1 unspecified atom stereocenters. The largest absolute Gasteiger partial charge is 4.00 e. The van der Waals surface area contributed by atoms with Crippen molar-refractivity contribution in [1.82, 2.24) is 0 Å². The van der Waals surface area contributed by atoms with Gasteiger partial charge in [-0.05, 0) is 196 Å². The zero-order valence-electron chi connectivity index (χ0n) is 48.4. The van der Waals surface area contributed by atoms with E-state index in [-0.39, 0.29) is 58.9 Å². The number of allylic oxidation sites excluding steroid dienone is 4. The van der Waals surface area contributed by atoms with E-state index in [0.717, 1.165) is 38.5 Å². The second-order valence-corrected chi connectivity index (χ2v) is 26.4. The second kappa shape index (κ2) is 27.4. The Morgan fingerprint density at radius 2 is 0.550 bits per heavy atom. The summed E-state index contributed by atoms with van der Waals surface area (Å²) < 4.78 is 0. The minimum atomic E-state index is -3.55. The van der Waals surface area contributed by atoms with Crippen molar-refractivity contribution in [2.75, 3.05) is 0 Å². The van der Waals surface area contributed by atoms with E-state index >= 15 is 0 Å². The van der Waals surface area contributed by atoms with Gasteiger partial charge in [0.15, 0.2) is 0 Å². The predicted molar refractivity (Wildman–Crippen MR) is 327 cm³/mol. The van der Waals surface area contributed by atoms with Gasteiger partial charge in [-0.1, -0.05) is 226 Å². The first-order chi connectivity index (χ1) is 36.8. The monoisotopic (exact) mass is 1160 g/mol.